The van der Waals surface area contributed by atoms with E-state index in [9.17, 15) is 22.0 Å². The molecule has 1 aromatic heterocycles. The molecule has 0 saturated heterocycles. The predicted octanol–water partition coefficient (Wildman–Crippen LogP) is 4.31. The Hall–Kier alpha value is -3.28. The lowest BCUT2D eigenvalue weighted by Gasteiger charge is -2.10. The molecule has 0 aliphatic rings. The molecule has 0 bridgehead atoms. The molecule has 0 aliphatic carbocycles. The fraction of sp³-hybridized carbons (Fsp3) is 0.0625. The zero-order chi connectivity index (χ0) is 18.2. The lowest BCUT2D eigenvalue weighted by atomic mass is 9.99. The summed E-state index contributed by atoms with van der Waals surface area (Å²) in [5.74, 6) is -1.88. The third-order valence-electron chi connectivity index (χ3n) is 3.39. The quantitative estimate of drug-likeness (QED) is 0.701. The van der Waals surface area contributed by atoms with Gasteiger partial charge in [-0.3, -0.25) is 0 Å². The van der Waals surface area contributed by atoms with Crippen molar-refractivity contribution >= 4 is 0 Å². The minimum atomic E-state index is -4.74. The highest BCUT2D eigenvalue weighted by Crippen LogP contribution is 2.34. The van der Waals surface area contributed by atoms with Crippen LogP contribution < -0.4 is 0 Å². The molecule has 0 aliphatic heterocycles. The molecule has 9 heteroatoms. The number of benzene rings is 2. The number of H-pyrrole nitrogens is 1. The van der Waals surface area contributed by atoms with E-state index in [-0.39, 0.29) is 28.1 Å². The number of nitrogens with one attached hydrogen (secondary N) is 1. The van der Waals surface area contributed by atoms with E-state index in [0.717, 1.165) is 24.3 Å². The van der Waals surface area contributed by atoms with Gasteiger partial charge < -0.3 is 0 Å². The zero-order valence-electron chi connectivity index (χ0n) is 12.2. The van der Waals surface area contributed by atoms with Crippen molar-refractivity contribution in [1.82, 2.24) is 15.4 Å². The second kappa shape index (κ2) is 5.98. The van der Waals surface area contributed by atoms with E-state index in [0.29, 0.717) is 6.07 Å². The summed E-state index contributed by atoms with van der Waals surface area (Å²) in [4.78, 5) is 0. The van der Waals surface area contributed by atoms with Crippen LogP contribution in [0.1, 0.15) is 11.3 Å². The van der Waals surface area contributed by atoms with E-state index in [1.54, 1.807) is 6.07 Å². The van der Waals surface area contributed by atoms with Crippen LogP contribution in [0.15, 0.2) is 36.4 Å². The molecular weight excluding hydrogens is 343 g/mol. The average Bonchev–Trinajstić information content (AvgIpc) is 3.01. The SMILES string of the molecule is N#Cc1[nH]nnc1-c1cc(F)cc(-c2cc(F)cc(C(F)(F)F)c2)c1. The van der Waals surface area contributed by atoms with E-state index >= 15 is 0 Å². The van der Waals surface area contributed by atoms with Crippen LogP contribution in [0.4, 0.5) is 22.0 Å². The average molecular weight is 350 g/mol. The van der Waals surface area contributed by atoms with E-state index in [4.69, 9.17) is 5.26 Å². The Morgan fingerprint density at radius 2 is 1.48 bits per heavy atom. The number of nitrogens with zero attached hydrogens (tertiary/aromatic N) is 3. The summed E-state index contributed by atoms with van der Waals surface area (Å²) in [7, 11) is 0. The minimum Gasteiger partial charge on any atom is -0.247 e. The van der Waals surface area contributed by atoms with Crippen LogP contribution >= 0.6 is 0 Å². The van der Waals surface area contributed by atoms with Crippen molar-refractivity contribution in [3.8, 4) is 28.5 Å². The summed E-state index contributed by atoms with van der Waals surface area (Å²) in [6.07, 6.45) is -4.74. The van der Waals surface area contributed by atoms with Gasteiger partial charge in [0.05, 0.1) is 5.56 Å². The zero-order valence-corrected chi connectivity index (χ0v) is 12.2. The van der Waals surface area contributed by atoms with Gasteiger partial charge in [0.2, 0.25) is 0 Å². The lowest BCUT2D eigenvalue weighted by molar-refractivity contribution is -0.137. The highest BCUT2D eigenvalue weighted by Gasteiger charge is 2.31. The van der Waals surface area contributed by atoms with Gasteiger partial charge in [0.1, 0.15) is 23.4 Å². The van der Waals surface area contributed by atoms with Crippen molar-refractivity contribution in [3.63, 3.8) is 0 Å². The molecule has 1 N–H and O–H groups in total. The molecule has 3 aromatic rings. The molecule has 0 radical (unpaired) electrons. The number of aromatic nitrogens is 3. The highest BCUT2D eigenvalue weighted by molar-refractivity contribution is 5.73. The third kappa shape index (κ3) is 3.33. The number of hydrogen-bond donors (Lipinski definition) is 1. The lowest BCUT2D eigenvalue weighted by Crippen LogP contribution is -2.05. The molecule has 0 amide bonds. The number of halogens is 5. The largest absolute Gasteiger partial charge is 0.416 e. The molecule has 25 heavy (non-hydrogen) atoms. The first-order chi connectivity index (χ1) is 11.8. The number of alkyl halides is 3. The third-order valence-corrected chi connectivity index (χ3v) is 3.39. The Bertz CT molecular complexity index is 985. The van der Waals surface area contributed by atoms with Gasteiger partial charge in [-0.15, -0.1) is 5.10 Å². The fourth-order valence-electron chi connectivity index (χ4n) is 2.32. The van der Waals surface area contributed by atoms with Crippen molar-refractivity contribution < 1.29 is 22.0 Å². The predicted molar refractivity (Wildman–Crippen MR) is 76.9 cm³/mol. The van der Waals surface area contributed by atoms with Crippen molar-refractivity contribution in [2.24, 2.45) is 0 Å². The maximum Gasteiger partial charge on any atom is 0.416 e. The molecule has 3 rings (SSSR count). The van der Waals surface area contributed by atoms with Crippen LogP contribution in [0.25, 0.3) is 22.4 Å². The Balaban J connectivity index is 2.17. The molecule has 0 saturated carbocycles. The maximum atomic E-state index is 13.9. The molecule has 0 spiro atoms. The maximum absolute atomic E-state index is 13.9. The Labute approximate surface area is 137 Å². The van der Waals surface area contributed by atoms with E-state index in [1.165, 1.54) is 6.07 Å². The molecule has 0 fully saturated rings. The van der Waals surface area contributed by atoms with Gasteiger partial charge in [0.15, 0.2) is 5.69 Å². The van der Waals surface area contributed by atoms with E-state index < -0.39 is 23.4 Å². The van der Waals surface area contributed by atoms with Gasteiger partial charge >= 0.3 is 6.18 Å². The first-order valence-corrected chi connectivity index (χ1v) is 6.78. The second-order valence-corrected chi connectivity index (χ2v) is 5.10. The second-order valence-electron chi connectivity index (χ2n) is 5.10. The van der Waals surface area contributed by atoms with Crippen LogP contribution in [0.3, 0.4) is 0 Å². The van der Waals surface area contributed by atoms with E-state index in [1.807, 2.05) is 0 Å². The Morgan fingerprint density at radius 1 is 0.880 bits per heavy atom. The number of aromatic amines is 1. The van der Waals surface area contributed by atoms with Crippen molar-refractivity contribution in [2.75, 3.05) is 0 Å². The summed E-state index contributed by atoms with van der Waals surface area (Å²) in [5, 5.41) is 18.4. The van der Waals surface area contributed by atoms with Crippen LogP contribution in [0.5, 0.6) is 0 Å². The van der Waals surface area contributed by atoms with Gasteiger partial charge in [-0.05, 0) is 47.5 Å². The highest BCUT2D eigenvalue weighted by atomic mass is 19.4. The van der Waals surface area contributed by atoms with Crippen LogP contribution in [-0.4, -0.2) is 15.4 Å². The van der Waals surface area contributed by atoms with E-state index in [2.05, 4.69) is 15.4 Å². The molecule has 4 nitrogen and oxygen atoms in total. The van der Waals surface area contributed by atoms with Crippen molar-refractivity contribution in [1.29, 1.82) is 5.26 Å². The summed E-state index contributed by atoms with van der Waals surface area (Å²) in [5.41, 5.74) is -1.21. The van der Waals surface area contributed by atoms with Crippen LogP contribution in [0.2, 0.25) is 0 Å². The number of hydrogen-bond acceptors (Lipinski definition) is 3. The standard InChI is InChI=1S/C16H7F5N4/c17-12-3-8(1-10(5-12)15-14(7-22)23-25-24-15)9-2-11(16(19,20)21)6-13(18)4-9/h1-6H,(H,23,24,25). The molecule has 1 heterocycles. The first kappa shape index (κ1) is 16.6. The van der Waals surface area contributed by atoms with Gasteiger partial charge in [-0.1, -0.05) is 5.21 Å². The Kier molecular flexibility index (Phi) is 3.96. The molecule has 126 valence electrons. The van der Waals surface area contributed by atoms with Crippen molar-refractivity contribution in [3.05, 3.63) is 59.3 Å². The van der Waals surface area contributed by atoms with Crippen molar-refractivity contribution in [2.45, 2.75) is 6.18 Å². The number of rotatable bonds is 2. The minimum absolute atomic E-state index is 0.00638. The van der Waals surface area contributed by atoms with Gasteiger partial charge in [-0.2, -0.15) is 18.4 Å². The topological polar surface area (TPSA) is 65.4 Å². The Morgan fingerprint density at radius 3 is 2.12 bits per heavy atom. The van der Waals surface area contributed by atoms with Gasteiger partial charge in [0, 0.05) is 5.56 Å². The number of nitriles is 1. The summed E-state index contributed by atoms with van der Waals surface area (Å²) in [6, 6.07) is 7.03. The molecule has 2 aromatic carbocycles. The van der Waals surface area contributed by atoms with Crippen LogP contribution in [0, 0.1) is 23.0 Å². The summed E-state index contributed by atoms with van der Waals surface area (Å²) < 4.78 is 66.0. The fourth-order valence-corrected chi connectivity index (χ4v) is 2.32. The summed E-state index contributed by atoms with van der Waals surface area (Å²) >= 11 is 0. The molecule has 0 unspecified atom stereocenters. The van der Waals surface area contributed by atoms with Gasteiger partial charge in [0.25, 0.3) is 0 Å². The first-order valence-electron chi connectivity index (χ1n) is 6.78. The molecular formula is C16H7F5N4. The smallest absolute Gasteiger partial charge is 0.247 e. The summed E-state index contributed by atoms with van der Waals surface area (Å²) in [6.45, 7) is 0. The molecule has 0 atom stereocenters. The monoisotopic (exact) mass is 350 g/mol. The van der Waals surface area contributed by atoms with Gasteiger partial charge in [-0.25, -0.2) is 13.9 Å². The van der Waals surface area contributed by atoms with Crippen LogP contribution in [-0.2, 0) is 6.18 Å². The normalized spacial score (nSPS) is 11.4.